The highest BCUT2D eigenvalue weighted by Crippen LogP contribution is 2.23. The minimum Gasteiger partial charge on any atom is -0.346 e. The van der Waals surface area contributed by atoms with E-state index < -0.39 is 0 Å². The van der Waals surface area contributed by atoms with E-state index in [1.165, 1.54) is 0 Å². The van der Waals surface area contributed by atoms with Gasteiger partial charge in [-0.3, -0.25) is 0 Å². The predicted molar refractivity (Wildman–Crippen MR) is 42.2 cm³/mol. The van der Waals surface area contributed by atoms with Crippen LogP contribution in [0.1, 0.15) is 0 Å². The molecule has 0 radical (unpaired) electrons. The molecule has 0 amide bonds. The molecule has 1 rings (SSSR count). The molecule has 1 aliphatic rings. The van der Waals surface area contributed by atoms with Gasteiger partial charge in [0.15, 0.2) is 5.79 Å². The minimum absolute atomic E-state index is 0.389. The molecular weight excluding hydrogens is 252 g/mol. The van der Waals surface area contributed by atoms with E-state index in [1.807, 2.05) is 0 Å². The van der Waals surface area contributed by atoms with Crippen molar-refractivity contribution in [1.29, 1.82) is 0 Å². The van der Waals surface area contributed by atoms with Crippen molar-refractivity contribution in [2.24, 2.45) is 0 Å². The molecule has 2 nitrogen and oxygen atoms in total. The van der Waals surface area contributed by atoms with Crippen LogP contribution in [0.4, 0.5) is 0 Å². The molecule has 0 aromatic heterocycles. The van der Waals surface area contributed by atoms with Crippen molar-refractivity contribution in [2.45, 2.75) is 5.79 Å². The van der Waals surface area contributed by atoms with E-state index in [0.29, 0.717) is 13.2 Å². The lowest BCUT2D eigenvalue weighted by Gasteiger charge is -2.21. The molecule has 54 valence electrons. The maximum absolute atomic E-state index is 5.32. The number of halogens is 2. The fraction of sp³-hybridized carbons (Fsp3) is 1.00. The topological polar surface area (TPSA) is 18.5 Å². The summed E-state index contributed by atoms with van der Waals surface area (Å²) in [7, 11) is 0. The van der Waals surface area contributed by atoms with E-state index >= 15 is 0 Å². The van der Waals surface area contributed by atoms with Gasteiger partial charge in [0, 0.05) is 0 Å². The van der Waals surface area contributed by atoms with Gasteiger partial charge in [0.25, 0.3) is 0 Å². The molecular formula is C5H8Br2O2. The van der Waals surface area contributed by atoms with Gasteiger partial charge in [0.2, 0.25) is 0 Å². The standard InChI is InChI=1S/C5H8Br2O2/c6-3-5(4-7)8-1-2-9-5/h1-4H2. The van der Waals surface area contributed by atoms with Crippen LogP contribution in [0.3, 0.4) is 0 Å². The Kier molecular flexibility index (Phi) is 2.95. The van der Waals surface area contributed by atoms with Crippen LogP contribution in [0, 0.1) is 0 Å². The van der Waals surface area contributed by atoms with Crippen LogP contribution >= 0.6 is 31.9 Å². The second kappa shape index (κ2) is 3.32. The number of rotatable bonds is 2. The molecule has 0 bridgehead atoms. The first-order valence-electron chi connectivity index (χ1n) is 2.73. The van der Waals surface area contributed by atoms with Crippen molar-refractivity contribution in [3.05, 3.63) is 0 Å². The maximum Gasteiger partial charge on any atom is 0.187 e. The second-order valence-electron chi connectivity index (χ2n) is 1.87. The quantitative estimate of drug-likeness (QED) is 0.701. The highest BCUT2D eigenvalue weighted by atomic mass is 79.9. The van der Waals surface area contributed by atoms with Crippen molar-refractivity contribution in [2.75, 3.05) is 23.9 Å². The van der Waals surface area contributed by atoms with Gasteiger partial charge in [-0.05, 0) is 0 Å². The van der Waals surface area contributed by atoms with Gasteiger partial charge < -0.3 is 9.47 Å². The molecule has 0 unspecified atom stereocenters. The summed E-state index contributed by atoms with van der Waals surface area (Å²) in [5.41, 5.74) is 0. The van der Waals surface area contributed by atoms with E-state index in [4.69, 9.17) is 9.47 Å². The molecule has 0 aromatic carbocycles. The normalized spacial score (nSPS) is 24.7. The highest BCUT2D eigenvalue weighted by Gasteiger charge is 2.33. The third-order valence-electron chi connectivity index (χ3n) is 1.22. The lowest BCUT2D eigenvalue weighted by Crippen LogP contribution is -2.33. The second-order valence-corrected chi connectivity index (χ2v) is 3.00. The van der Waals surface area contributed by atoms with Gasteiger partial charge in [0.05, 0.1) is 23.9 Å². The van der Waals surface area contributed by atoms with Crippen LogP contribution in [-0.2, 0) is 9.47 Å². The molecule has 0 aliphatic carbocycles. The highest BCUT2D eigenvalue weighted by molar-refractivity contribution is 9.09. The third-order valence-corrected chi connectivity index (χ3v) is 2.93. The molecule has 0 spiro atoms. The Bertz CT molecular complexity index is 85.0. The molecule has 0 aromatic rings. The number of alkyl halides is 2. The summed E-state index contributed by atoms with van der Waals surface area (Å²) in [6.45, 7) is 1.41. The zero-order valence-electron chi connectivity index (χ0n) is 4.90. The molecule has 0 saturated carbocycles. The smallest absolute Gasteiger partial charge is 0.187 e. The average molecular weight is 260 g/mol. The molecule has 1 aliphatic heterocycles. The van der Waals surface area contributed by atoms with Crippen LogP contribution in [0.5, 0.6) is 0 Å². The van der Waals surface area contributed by atoms with Crippen molar-refractivity contribution in [3.8, 4) is 0 Å². The van der Waals surface area contributed by atoms with Crippen LogP contribution < -0.4 is 0 Å². The molecule has 9 heavy (non-hydrogen) atoms. The Morgan fingerprint density at radius 1 is 1.11 bits per heavy atom. The molecule has 1 saturated heterocycles. The number of ether oxygens (including phenoxy) is 2. The maximum atomic E-state index is 5.32. The summed E-state index contributed by atoms with van der Waals surface area (Å²) in [4.78, 5) is 0. The fourth-order valence-electron chi connectivity index (χ4n) is 0.687. The fourth-order valence-corrected chi connectivity index (χ4v) is 2.26. The Morgan fingerprint density at radius 2 is 1.56 bits per heavy atom. The van der Waals surface area contributed by atoms with E-state index in [-0.39, 0.29) is 5.79 Å². The Morgan fingerprint density at radius 3 is 1.78 bits per heavy atom. The molecule has 1 heterocycles. The van der Waals surface area contributed by atoms with Crippen LogP contribution in [0.15, 0.2) is 0 Å². The zero-order chi connectivity index (χ0) is 6.74. The lowest BCUT2D eigenvalue weighted by molar-refractivity contribution is -0.115. The summed E-state index contributed by atoms with van der Waals surface area (Å²) in [6, 6.07) is 0. The summed E-state index contributed by atoms with van der Waals surface area (Å²) < 4.78 is 10.6. The van der Waals surface area contributed by atoms with Crippen molar-refractivity contribution < 1.29 is 9.47 Å². The summed E-state index contributed by atoms with van der Waals surface area (Å²) >= 11 is 6.63. The molecule has 1 fully saturated rings. The summed E-state index contributed by atoms with van der Waals surface area (Å²) in [6.07, 6.45) is 0. The van der Waals surface area contributed by atoms with Crippen LogP contribution in [0.2, 0.25) is 0 Å². The minimum atomic E-state index is -0.389. The monoisotopic (exact) mass is 258 g/mol. The van der Waals surface area contributed by atoms with Gasteiger partial charge in [-0.1, -0.05) is 31.9 Å². The van der Waals surface area contributed by atoms with E-state index in [0.717, 1.165) is 10.7 Å². The van der Waals surface area contributed by atoms with Gasteiger partial charge >= 0.3 is 0 Å². The van der Waals surface area contributed by atoms with Crippen molar-refractivity contribution in [1.82, 2.24) is 0 Å². The first-order valence-corrected chi connectivity index (χ1v) is 4.97. The van der Waals surface area contributed by atoms with Gasteiger partial charge in [-0.15, -0.1) is 0 Å². The molecule has 0 atom stereocenters. The van der Waals surface area contributed by atoms with Crippen LogP contribution in [0.25, 0.3) is 0 Å². The van der Waals surface area contributed by atoms with Crippen molar-refractivity contribution >= 4 is 31.9 Å². The zero-order valence-corrected chi connectivity index (χ0v) is 8.07. The SMILES string of the molecule is BrCC1(CBr)OCCO1. The summed E-state index contributed by atoms with van der Waals surface area (Å²) in [5, 5.41) is 1.45. The lowest BCUT2D eigenvalue weighted by atomic mass is 10.4. The Balaban J connectivity index is 2.45. The molecule has 4 heteroatoms. The number of hydrogen-bond acceptors (Lipinski definition) is 2. The van der Waals surface area contributed by atoms with Gasteiger partial charge in [-0.25, -0.2) is 0 Å². The third kappa shape index (κ3) is 1.67. The van der Waals surface area contributed by atoms with E-state index in [2.05, 4.69) is 31.9 Å². The first-order chi connectivity index (χ1) is 4.33. The Hall–Kier alpha value is 0.880. The van der Waals surface area contributed by atoms with E-state index in [1.54, 1.807) is 0 Å². The Labute approximate surface area is 71.2 Å². The van der Waals surface area contributed by atoms with Gasteiger partial charge in [-0.2, -0.15) is 0 Å². The van der Waals surface area contributed by atoms with Crippen molar-refractivity contribution in [3.63, 3.8) is 0 Å². The van der Waals surface area contributed by atoms with Crippen LogP contribution in [-0.4, -0.2) is 29.7 Å². The largest absolute Gasteiger partial charge is 0.346 e. The number of hydrogen-bond donors (Lipinski definition) is 0. The summed E-state index contributed by atoms with van der Waals surface area (Å²) in [5.74, 6) is -0.389. The van der Waals surface area contributed by atoms with E-state index in [9.17, 15) is 0 Å². The molecule has 0 N–H and O–H groups in total. The van der Waals surface area contributed by atoms with Gasteiger partial charge in [0.1, 0.15) is 0 Å². The average Bonchev–Trinajstić information content (AvgIpc) is 2.36. The predicted octanol–water partition coefficient (Wildman–Crippen LogP) is 1.52. The first kappa shape index (κ1) is 7.98.